The summed E-state index contributed by atoms with van der Waals surface area (Å²) in [5.74, 6) is 0. The molecule has 0 radical (unpaired) electrons. The Morgan fingerprint density at radius 2 is 2.15 bits per heavy atom. The van der Waals surface area contributed by atoms with Crippen LogP contribution >= 0.6 is 0 Å². The molecule has 0 aliphatic rings. The van der Waals surface area contributed by atoms with Crippen LogP contribution in [0.3, 0.4) is 0 Å². The highest BCUT2D eigenvalue weighted by molar-refractivity contribution is 5.78. The van der Waals surface area contributed by atoms with Crippen LogP contribution in [-0.4, -0.2) is 19.1 Å². The summed E-state index contributed by atoms with van der Waals surface area (Å²) in [6, 6.07) is 6.00. The summed E-state index contributed by atoms with van der Waals surface area (Å²) in [6.07, 6.45) is 0. The maximum absolute atomic E-state index is 5.43. The van der Waals surface area contributed by atoms with Gasteiger partial charge in [0.15, 0.2) is 5.58 Å². The lowest BCUT2D eigenvalue weighted by molar-refractivity contribution is 0.626. The van der Waals surface area contributed by atoms with Crippen molar-refractivity contribution in [1.82, 2.24) is 4.98 Å². The van der Waals surface area contributed by atoms with Crippen molar-refractivity contribution in [3.8, 4) is 0 Å². The molecule has 1 aromatic carbocycles. The van der Waals surface area contributed by atoms with Crippen LogP contribution in [0.2, 0.25) is 0 Å². The second-order valence-corrected chi connectivity index (χ2v) is 3.10. The van der Waals surface area contributed by atoms with E-state index >= 15 is 0 Å². The fraction of sp³-hybridized carbons (Fsp3) is 0.222. The third-order valence-corrected chi connectivity index (χ3v) is 1.90. The zero-order valence-corrected chi connectivity index (χ0v) is 7.61. The van der Waals surface area contributed by atoms with E-state index in [1.807, 2.05) is 37.2 Å². The number of nitrogens with zero attached hydrogens (tertiary/aromatic N) is 2. The number of fused-ring (bicyclic) bond motifs is 1. The Hall–Kier alpha value is -1.71. The Bertz CT molecular complexity index is 433. The number of nitrogens with two attached hydrogens (primary N) is 1. The lowest BCUT2D eigenvalue weighted by atomic mass is 10.3. The summed E-state index contributed by atoms with van der Waals surface area (Å²) in [4.78, 5) is 6.00. The van der Waals surface area contributed by atoms with Crippen LogP contribution in [0, 0.1) is 0 Å². The second kappa shape index (κ2) is 2.65. The molecule has 0 aliphatic heterocycles. The maximum Gasteiger partial charge on any atom is 0.292 e. The highest BCUT2D eigenvalue weighted by Gasteiger charge is 2.03. The summed E-state index contributed by atoms with van der Waals surface area (Å²) < 4.78 is 5.20. The highest BCUT2D eigenvalue weighted by atomic mass is 16.4. The average Bonchev–Trinajstić information content (AvgIpc) is 2.42. The van der Waals surface area contributed by atoms with E-state index in [-0.39, 0.29) is 6.01 Å². The van der Waals surface area contributed by atoms with Crippen LogP contribution in [-0.2, 0) is 0 Å². The molecule has 0 spiro atoms. The van der Waals surface area contributed by atoms with Gasteiger partial charge in [0, 0.05) is 25.8 Å². The zero-order chi connectivity index (χ0) is 9.42. The predicted molar refractivity (Wildman–Crippen MR) is 52.7 cm³/mol. The first-order chi connectivity index (χ1) is 6.16. The van der Waals surface area contributed by atoms with Crippen molar-refractivity contribution in [3.63, 3.8) is 0 Å². The molecule has 4 nitrogen and oxygen atoms in total. The summed E-state index contributed by atoms with van der Waals surface area (Å²) in [7, 11) is 3.95. The predicted octanol–water partition coefficient (Wildman–Crippen LogP) is 1.48. The lowest BCUT2D eigenvalue weighted by Crippen LogP contribution is -2.07. The number of oxazole rings is 1. The Balaban J connectivity index is 2.61. The minimum atomic E-state index is 0.214. The fourth-order valence-electron chi connectivity index (χ4n) is 1.21. The summed E-state index contributed by atoms with van der Waals surface area (Å²) in [5, 5.41) is 0. The van der Waals surface area contributed by atoms with Gasteiger partial charge in [0.1, 0.15) is 5.52 Å². The van der Waals surface area contributed by atoms with Gasteiger partial charge in [-0.2, -0.15) is 4.98 Å². The zero-order valence-electron chi connectivity index (χ0n) is 7.61. The third kappa shape index (κ3) is 1.30. The normalized spacial score (nSPS) is 10.6. The summed E-state index contributed by atoms with van der Waals surface area (Å²) in [6.45, 7) is 0. The summed E-state index contributed by atoms with van der Waals surface area (Å²) >= 11 is 0. The molecule has 0 saturated heterocycles. The Labute approximate surface area is 76.0 Å². The van der Waals surface area contributed by atoms with Gasteiger partial charge in [0.05, 0.1) is 0 Å². The summed E-state index contributed by atoms with van der Waals surface area (Å²) in [5.41, 5.74) is 8.02. The van der Waals surface area contributed by atoms with E-state index in [4.69, 9.17) is 10.2 Å². The van der Waals surface area contributed by atoms with E-state index in [0.717, 1.165) is 16.8 Å². The van der Waals surface area contributed by atoms with E-state index in [0.29, 0.717) is 0 Å². The van der Waals surface area contributed by atoms with Gasteiger partial charge in [-0.1, -0.05) is 0 Å². The van der Waals surface area contributed by atoms with E-state index in [2.05, 4.69) is 4.98 Å². The molecule has 0 atom stereocenters. The molecule has 0 fully saturated rings. The van der Waals surface area contributed by atoms with E-state index < -0.39 is 0 Å². The minimum Gasteiger partial charge on any atom is -0.424 e. The standard InChI is InChI=1S/C9H11N3O/c1-12(2)6-3-4-7-8(5-6)13-9(10)11-7/h3-5H,1-2H3,(H2,10,11). The Kier molecular flexibility index (Phi) is 1.62. The molecule has 2 aromatic rings. The van der Waals surface area contributed by atoms with Crippen molar-refractivity contribution in [2.45, 2.75) is 0 Å². The number of hydrogen-bond donors (Lipinski definition) is 1. The van der Waals surface area contributed by atoms with Crippen LogP contribution in [0.4, 0.5) is 11.7 Å². The number of benzene rings is 1. The van der Waals surface area contributed by atoms with Crippen molar-refractivity contribution in [2.24, 2.45) is 0 Å². The minimum absolute atomic E-state index is 0.214. The number of anilines is 2. The third-order valence-electron chi connectivity index (χ3n) is 1.90. The van der Waals surface area contributed by atoms with E-state index in [1.165, 1.54) is 0 Å². The van der Waals surface area contributed by atoms with Gasteiger partial charge in [-0.25, -0.2) is 0 Å². The first kappa shape index (κ1) is 7.91. The van der Waals surface area contributed by atoms with Crippen molar-refractivity contribution in [1.29, 1.82) is 0 Å². The van der Waals surface area contributed by atoms with Crippen molar-refractivity contribution in [2.75, 3.05) is 24.7 Å². The molecule has 0 unspecified atom stereocenters. The highest BCUT2D eigenvalue weighted by Crippen LogP contribution is 2.22. The lowest BCUT2D eigenvalue weighted by Gasteiger charge is -2.10. The van der Waals surface area contributed by atoms with Gasteiger partial charge in [-0.05, 0) is 12.1 Å². The molecule has 68 valence electrons. The van der Waals surface area contributed by atoms with Crippen LogP contribution < -0.4 is 10.6 Å². The molecule has 1 heterocycles. The van der Waals surface area contributed by atoms with Gasteiger partial charge < -0.3 is 15.1 Å². The number of rotatable bonds is 1. The Morgan fingerprint density at radius 3 is 2.85 bits per heavy atom. The SMILES string of the molecule is CN(C)c1ccc2nc(N)oc2c1. The molecule has 2 N–H and O–H groups in total. The molecule has 0 saturated carbocycles. The van der Waals surface area contributed by atoms with Crippen LogP contribution in [0.15, 0.2) is 22.6 Å². The van der Waals surface area contributed by atoms with Crippen molar-refractivity contribution in [3.05, 3.63) is 18.2 Å². The smallest absolute Gasteiger partial charge is 0.292 e. The molecule has 4 heteroatoms. The van der Waals surface area contributed by atoms with Crippen LogP contribution in [0.25, 0.3) is 11.1 Å². The average molecular weight is 177 g/mol. The Morgan fingerprint density at radius 1 is 1.38 bits per heavy atom. The van der Waals surface area contributed by atoms with Gasteiger partial charge in [0.25, 0.3) is 6.01 Å². The van der Waals surface area contributed by atoms with Crippen LogP contribution in [0.1, 0.15) is 0 Å². The molecule has 2 rings (SSSR count). The van der Waals surface area contributed by atoms with Gasteiger partial charge in [0.2, 0.25) is 0 Å². The maximum atomic E-state index is 5.43. The van der Waals surface area contributed by atoms with E-state index in [1.54, 1.807) is 0 Å². The fourth-order valence-corrected chi connectivity index (χ4v) is 1.21. The molecule has 1 aromatic heterocycles. The topological polar surface area (TPSA) is 55.3 Å². The quantitative estimate of drug-likeness (QED) is 0.716. The largest absolute Gasteiger partial charge is 0.424 e. The molecule has 0 amide bonds. The number of aromatic nitrogens is 1. The van der Waals surface area contributed by atoms with Crippen molar-refractivity contribution >= 4 is 22.8 Å². The first-order valence-corrected chi connectivity index (χ1v) is 4.00. The van der Waals surface area contributed by atoms with Gasteiger partial charge in [-0.3, -0.25) is 0 Å². The molecular weight excluding hydrogens is 166 g/mol. The van der Waals surface area contributed by atoms with Gasteiger partial charge >= 0.3 is 0 Å². The monoisotopic (exact) mass is 177 g/mol. The second-order valence-electron chi connectivity index (χ2n) is 3.10. The van der Waals surface area contributed by atoms with Crippen molar-refractivity contribution < 1.29 is 4.42 Å². The molecule has 0 aliphatic carbocycles. The first-order valence-electron chi connectivity index (χ1n) is 4.00. The molecule has 13 heavy (non-hydrogen) atoms. The van der Waals surface area contributed by atoms with E-state index in [9.17, 15) is 0 Å². The number of nitrogen functional groups attached to an aromatic ring is 1. The van der Waals surface area contributed by atoms with Crippen LogP contribution in [0.5, 0.6) is 0 Å². The van der Waals surface area contributed by atoms with Gasteiger partial charge in [-0.15, -0.1) is 0 Å². The number of hydrogen-bond acceptors (Lipinski definition) is 4. The molecule has 0 bridgehead atoms. The molecular formula is C9H11N3O.